The summed E-state index contributed by atoms with van der Waals surface area (Å²) in [5, 5.41) is 2.11. The summed E-state index contributed by atoms with van der Waals surface area (Å²) in [6, 6.07) is 3.00. The fraction of sp³-hybridized carbons (Fsp3) is 0.667. The van der Waals surface area contributed by atoms with Gasteiger partial charge < -0.3 is 5.73 Å². The summed E-state index contributed by atoms with van der Waals surface area (Å²) in [4.78, 5) is 3.73. The van der Waals surface area contributed by atoms with Gasteiger partial charge in [-0.1, -0.05) is 13.3 Å². The van der Waals surface area contributed by atoms with Crippen LogP contribution in [0.3, 0.4) is 0 Å². The second-order valence-corrected chi connectivity index (χ2v) is 5.99. The molecule has 1 aromatic rings. The van der Waals surface area contributed by atoms with Crippen molar-refractivity contribution in [3.8, 4) is 0 Å². The van der Waals surface area contributed by atoms with Crippen LogP contribution in [-0.4, -0.2) is 24.5 Å². The number of nitrogens with two attached hydrogens (primary N) is 1. The quantitative estimate of drug-likeness (QED) is 0.869. The van der Waals surface area contributed by atoms with Crippen molar-refractivity contribution in [2.75, 3.05) is 13.6 Å². The summed E-state index contributed by atoms with van der Waals surface area (Å²) < 4.78 is 1.18. The lowest BCUT2D eigenvalue weighted by Gasteiger charge is -2.32. The Bertz CT molecular complexity index is 314. The van der Waals surface area contributed by atoms with Gasteiger partial charge in [0.2, 0.25) is 0 Å². The molecule has 0 radical (unpaired) electrons. The first kappa shape index (κ1) is 14.2. The highest BCUT2D eigenvalue weighted by atomic mass is 79.9. The van der Waals surface area contributed by atoms with Crippen molar-refractivity contribution in [3.63, 3.8) is 0 Å². The Balaban J connectivity index is 2.78. The van der Waals surface area contributed by atoms with Crippen molar-refractivity contribution in [3.05, 3.63) is 20.8 Å². The molecule has 0 amide bonds. The first-order valence-corrected chi connectivity index (χ1v) is 7.43. The third-order valence-electron chi connectivity index (χ3n) is 3.06. The van der Waals surface area contributed by atoms with Crippen LogP contribution in [0, 0.1) is 0 Å². The largest absolute Gasteiger partial charge is 0.329 e. The molecule has 0 aliphatic heterocycles. The van der Waals surface area contributed by atoms with Crippen LogP contribution in [0.2, 0.25) is 0 Å². The second-order valence-electron chi connectivity index (χ2n) is 4.19. The van der Waals surface area contributed by atoms with Crippen LogP contribution in [0.5, 0.6) is 0 Å². The van der Waals surface area contributed by atoms with Gasteiger partial charge in [-0.3, -0.25) is 4.90 Å². The number of hydrogen-bond acceptors (Lipinski definition) is 3. The van der Waals surface area contributed by atoms with Gasteiger partial charge in [0.15, 0.2) is 0 Å². The summed E-state index contributed by atoms with van der Waals surface area (Å²) in [7, 11) is 2.17. The Morgan fingerprint density at radius 2 is 2.25 bits per heavy atom. The number of likely N-dealkylation sites (N-methyl/N-ethyl adjacent to an activating group) is 1. The van der Waals surface area contributed by atoms with E-state index in [0.717, 1.165) is 0 Å². The molecule has 1 rings (SSSR count). The van der Waals surface area contributed by atoms with Gasteiger partial charge in [-0.05, 0) is 47.8 Å². The second kappa shape index (κ2) is 6.74. The third-order valence-corrected chi connectivity index (χ3v) is 5.04. The molecule has 2 nitrogen and oxygen atoms in total. The minimum Gasteiger partial charge on any atom is -0.329 e. The van der Waals surface area contributed by atoms with Crippen molar-refractivity contribution < 1.29 is 0 Å². The summed E-state index contributed by atoms with van der Waals surface area (Å²) in [6.45, 7) is 5.17. The number of nitrogens with zero attached hydrogens (tertiary/aromatic N) is 1. The molecule has 0 aliphatic carbocycles. The lowest BCUT2D eigenvalue weighted by Crippen LogP contribution is -2.36. The van der Waals surface area contributed by atoms with E-state index in [9.17, 15) is 0 Å². The Morgan fingerprint density at radius 1 is 1.56 bits per heavy atom. The minimum absolute atomic E-state index is 0.330. The average molecular weight is 305 g/mol. The summed E-state index contributed by atoms with van der Waals surface area (Å²) in [6.07, 6.45) is 2.43. The van der Waals surface area contributed by atoms with E-state index in [2.05, 4.69) is 53.2 Å². The lowest BCUT2D eigenvalue weighted by atomic mass is 10.1. The predicted octanol–water partition coefficient (Wildman–Crippen LogP) is 3.63. The first-order valence-electron chi connectivity index (χ1n) is 5.76. The molecule has 0 fully saturated rings. The highest BCUT2D eigenvalue weighted by Gasteiger charge is 2.22. The maximum atomic E-state index is 5.91. The fourth-order valence-corrected chi connectivity index (χ4v) is 3.73. The molecule has 1 heterocycles. The molecule has 2 unspecified atom stereocenters. The molecule has 0 spiro atoms. The molecule has 92 valence electrons. The van der Waals surface area contributed by atoms with Gasteiger partial charge in [0, 0.05) is 21.9 Å². The van der Waals surface area contributed by atoms with E-state index in [0.29, 0.717) is 18.6 Å². The number of halogens is 1. The summed E-state index contributed by atoms with van der Waals surface area (Å²) in [5.41, 5.74) is 5.91. The third kappa shape index (κ3) is 3.29. The minimum atomic E-state index is 0.330. The molecule has 1 aromatic heterocycles. The van der Waals surface area contributed by atoms with Crippen LogP contribution < -0.4 is 5.73 Å². The van der Waals surface area contributed by atoms with Gasteiger partial charge in [0.1, 0.15) is 0 Å². The monoisotopic (exact) mass is 304 g/mol. The van der Waals surface area contributed by atoms with E-state index in [1.165, 1.54) is 22.2 Å². The van der Waals surface area contributed by atoms with Crippen LogP contribution in [0.1, 0.15) is 37.6 Å². The van der Waals surface area contributed by atoms with Crippen molar-refractivity contribution in [2.45, 2.75) is 38.8 Å². The van der Waals surface area contributed by atoms with Crippen molar-refractivity contribution in [1.29, 1.82) is 0 Å². The molecule has 0 bridgehead atoms. The van der Waals surface area contributed by atoms with Crippen LogP contribution in [0.15, 0.2) is 15.9 Å². The van der Waals surface area contributed by atoms with Gasteiger partial charge in [-0.25, -0.2) is 0 Å². The van der Waals surface area contributed by atoms with Gasteiger partial charge in [0.25, 0.3) is 0 Å². The van der Waals surface area contributed by atoms with E-state index >= 15 is 0 Å². The van der Waals surface area contributed by atoms with Gasteiger partial charge in [0.05, 0.1) is 6.04 Å². The maximum Gasteiger partial charge on any atom is 0.0575 e. The Kier molecular flexibility index (Phi) is 5.97. The Labute approximate surface area is 111 Å². The van der Waals surface area contributed by atoms with E-state index in [-0.39, 0.29) is 0 Å². The highest BCUT2D eigenvalue weighted by molar-refractivity contribution is 9.10. The Hall–Kier alpha value is 0.100. The van der Waals surface area contributed by atoms with Gasteiger partial charge in [-0.15, -0.1) is 11.3 Å². The normalized spacial score (nSPS) is 15.4. The number of hydrogen-bond donors (Lipinski definition) is 1. The van der Waals surface area contributed by atoms with Crippen molar-refractivity contribution in [2.24, 2.45) is 5.73 Å². The molecular weight excluding hydrogens is 284 g/mol. The zero-order valence-corrected chi connectivity index (χ0v) is 12.6. The van der Waals surface area contributed by atoms with Crippen LogP contribution in [-0.2, 0) is 0 Å². The van der Waals surface area contributed by atoms with Crippen LogP contribution in [0.25, 0.3) is 0 Å². The smallest absolute Gasteiger partial charge is 0.0575 e. The molecule has 2 atom stereocenters. The van der Waals surface area contributed by atoms with Crippen molar-refractivity contribution in [1.82, 2.24) is 4.90 Å². The van der Waals surface area contributed by atoms with E-state index < -0.39 is 0 Å². The zero-order valence-electron chi connectivity index (χ0n) is 10.2. The topological polar surface area (TPSA) is 29.3 Å². The fourth-order valence-electron chi connectivity index (χ4n) is 1.93. The maximum absolute atomic E-state index is 5.91. The first-order chi connectivity index (χ1) is 7.61. The molecular formula is C12H21BrN2S. The van der Waals surface area contributed by atoms with Crippen molar-refractivity contribution >= 4 is 27.3 Å². The Morgan fingerprint density at radius 3 is 2.69 bits per heavy atom. The molecule has 16 heavy (non-hydrogen) atoms. The van der Waals surface area contributed by atoms with E-state index in [4.69, 9.17) is 5.73 Å². The van der Waals surface area contributed by atoms with Crippen LogP contribution >= 0.6 is 27.3 Å². The standard InChI is InChI=1S/C12H21BrN2S/c1-4-5-9(2)15(3)11(8-14)12-10(13)6-7-16-12/h6-7,9,11H,4-5,8,14H2,1-3H3. The number of rotatable bonds is 6. The summed E-state index contributed by atoms with van der Waals surface area (Å²) >= 11 is 5.37. The van der Waals surface area contributed by atoms with Gasteiger partial charge in [-0.2, -0.15) is 0 Å². The lowest BCUT2D eigenvalue weighted by molar-refractivity contribution is 0.182. The summed E-state index contributed by atoms with van der Waals surface area (Å²) in [5.74, 6) is 0. The van der Waals surface area contributed by atoms with E-state index in [1.54, 1.807) is 11.3 Å². The molecule has 0 saturated carbocycles. The van der Waals surface area contributed by atoms with Crippen LogP contribution in [0.4, 0.5) is 0 Å². The average Bonchev–Trinajstić information content (AvgIpc) is 2.66. The van der Waals surface area contributed by atoms with E-state index in [1.807, 2.05) is 0 Å². The highest BCUT2D eigenvalue weighted by Crippen LogP contribution is 2.32. The van der Waals surface area contributed by atoms with Gasteiger partial charge >= 0.3 is 0 Å². The molecule has 0 aromatic carbocycles. The molecule has 0 saturated heterocycles. The molecule has 2 N–H and O–H groups in total. The molecule has 0 aliphatic rings. The molecule has 4 heteroatoms. The zero-order chi connectivity index (χ0) is 12.1. The number of thiophene rings is 1. The predicted molar refractivity (Wildman–Crippen MR) is 75.9 cm³/mol. The SMILES string of the molecule is CCCC(C)N(C)C(CN)c1sccc1Br.